The van der Waals surface area contributed by atoms with E-state index in [1.165, 1.54) is 11.1 Å². The summed E-state index contributed by atoms with van der Waals surface area (Å²) in [5, 5.41) is 12.3. The average Bonchev–Trinajstić information content (AvgIpc) is 3.18. The molecule has 3 atom stereocenters. The Morgan fingerprint density at radius 1 is 1.09 bits per heavy atom. The van der Waals surface area contributed by atoms with E-state index in [2.05, 4.69) is 29.6 Å². The van der Waals surface area contributed by atoms with Crippen LogP contribution in [-0.2, 0) is 14.3 Å². The number of nitrogens with zero attached hydrogens (tertiary/aromatic N) is 1. The lowest BCUT2D eigenvalue weighted by molar-refractivity contribution is -0.150. The summed E-state index contributed by atoms with van der Waals surface area (Å²) in [6, 6.07) is 16.0. The van der Waals surface area contributed by atoms with Gasteiger partial charge in [0.1, 0.15) is 6.61 Å². The second kappa shape index (κ2) is 10.9. The van der Waals surface area contributed by atoms with E-state index in [1.807, 2.05) is 31.2 Å². The van der Waals surface area contributed by atoms with E-state index in [1.54, 1.807) is 11.8 Å². The molecule has 0 spiro atoms. The van der Waals surface area contributed by atoms with E-state index in [4.69, 9.17) is 4.74 Å². The number of piperidine rings is 1. The molecule has 1 heterocycles. The number of carboxylic acids is 1. The number of fused-ring (bicyclic) bond motifs is 3. The summed E-state index contributed by atoms with van der Waals surface area (Å²) in [6.07, 6.45) is 2.11. The van der Waals surface area contributed by atoms with Gasteiger partial charge in [0, 0.05) is 25.0 Å². The van der Waals surface area contributed by atoms with E-state index in [9.17, 15) is 19.5 Å². The maximum absolute atomic E-state index is 13.3. The van der Waals surface area contributed by atoms with Gasteiger partial charge in [0.15, 0.2) is 0 Å². The van der Waals surface area contributed by atoms with Crippen LogP contribution in [0.2, 0.25) is 0 Å². The third-order valence-corrected chi connectivity index (χ3v) is 7.41. The zero-order valence-corrected chi connectivity index (χ0v) is 20.4. The minimum Gasteiger partial charge on any atom is -0.481 e. The molecule has 7 heteroatoms. The predicted molar refractivity (Wildman–Crippen MR) is 133 cm³/mol. The number of rotatable bonds is 8. The minimum absolute atomic E-state index is 0.0247. The Morgan fingerprint density at radius 2 is 1.71 bits per heavy atom. The highest BCUT2D eigenvalue weighted by Gasteiger charge is 2.37. The first-order chi connectivity index (χ1) is 16.9. The van der Waals surface area contributed by atoms with Gasteiger partial charge >= 0.3 is 12.1 Å². The predicted octanol–water partition coefficient (Wildman–Crippen LogP) is 4.65. The summed E-state index contributed by atoms with van der Waals surface area (Å²) >= 11 is 0. The van der Waals surface area contributed by atoms with Crippen molar-refractivity contribution < 1.29 is 24.2 Å². The molecule has 35 heavy (non-hydrogen) atoms. The van der Waals surface area contributed by atoms with E-state index < -0.39 is 23.9 Å². The quantitative estimate of drug-likeness (QED) is 0.576. The normalized spacial score (nSPS) is 20.0. The zero-order chi connectivity index (χ0) is 24.9. The molecule has 0 saturated carbocycles. The van der Waals surface area contributed by atoms with Crippen LogP contribution in [0, 0.1) is 11.8 Å². The Hall–Kier alpha value is -3.35. The number of ether oxygens (including phenoxy) is 1. The molecule has 2 amide bonds. The van der Waals surface area contributed by atoms with Gasteiger partial charge in [-0.3, -0.25) is 9.59 Å². The second-order valence-electron chi connectivity index (χ2n) is 9.55. The fourth-order valence-electron chi connectivity index (χ4n) is 5.54. The van der Waals surface area contributed by atoms with Crippen molar-refractivity contribution >= 4 is 18.0 Å². The molecule has 1 fully saturated rings. The lowest BCUT2D eigenvalue weighted by Gasteiger charge is -2.39. The van der Waals surface area contributed by atoms with Gasteiger partial charge < -0.3 is 20.1 Å². The summed E-state index contributed by atoms with van der Waals surface area (Å²) in [6.45, 7) is 4.74. The minimum atomic E-state index is -0.862. The Bertz CT molecular complexity index is 1040. The fourth-order valence-corrected chi connectivity index (χ4v) is 5.54. The van der Waals surface area contributed by atoms with E-state index in [0.29, 0.717) is 25.8 Å². The summed E-state index contributed by atoms with van der Waals surface area (Å²) in [7, 11) is 0. The molecule has 0 aromatic heterocycles. The van der Waals surface area contributed by atoms with Gasteiger partial charge in [0.25, 0.3) is 0 Å². The number of carbonyl (C=O) groups is 3. The third kappa shape index (κ3) is 5.19. The van der Waals surface area contributed by atoms with Crippen molar-refractivity contribution in [1.82, 2.24) is 10.2 Å². The van der Waals surface area contributed by atoms with Crippen molar-refractivity contribution in [2.75, 3.05) is 19.7 Å². The number of alkyl carbamates (subject to hydrolysis) is 1. The van der Waals surface area contributed by atoms with E-state index in [-0.39, 0.29) is 31.0 Å². The standard InChI is InChI=1S/C28H34N2O5/c1-3-9-19(26(31)30-15-8-14-20(18(30)2)27(32)33)16-29-28(34)35-17-25-23-12-6-4-10-21(23)22-11-5-7-13-24(22)25/h4-7,10-13,18-20,25H,3,8-9,14-17H2,1-2H3,(H,29,34)(H,32,33)/t18-,19?,20-/m0/s1. The van der Waals surface area contributed by atoms with Gasteiger partial charge in [-0.15, -0.1) is 0 Å². The molecule has 2 aliphatic rings. The summed E-state index contributed by atoms with van der Waals surface area (Å²) in [5.41, 5.74) is 4.63. The molecule has 1 saturated heterocycles. The number of aliphatic carboxylic acids is 1. The Kier molecular flexibility index (Phi) is 7.73. The number of likely N-dealkylation sites (tertiary alicyclic amines) is 1. The first-order valence-electron chi connectivity index (χ1n) is 12.5. The molecule has 0 radical (unpaired) electrons. The fraction of sp³-hybridized carbons (Fsp3) is 0.464. The summed E-state index contributed by atoms with van der Waals surface area (Å²) in [5.74, 6) is -1.94. The van der Waals surface area contributed by atoms with Crippen LogP contribution >= 0.6 is 0 Å². The molecule has 1 unspecified atom stereocenters. The Morgan fingerprint density at radius 3 is 2.31 bits per heavy atom. The van der Waals surface area contributed by atoms with E-state index >= 15 is 0 Å². The SMILES string of the molecule is CCCC(CNC(=O)OCC1c2ccccc2-c2ccccc21)C(=O)N1CCC[C@H](C(=O)O)[C@@H]1C. The van der Waals surface area contributed by atoms with Crippen molar-refractivity contribution in [1.29, 1.82) is 0 Å². The largest absolute Gasteiger partial charge is 0.481 e. The maximum atomic E-state index is 13.3. The van der Waals surface area contributed by atoms with Crippen molar-refractivity contribution in [3.8, 4) is 11.1 Å². The molecule has 1 aliphatic heterocycles. The average molecular weight is 479 g/mol. The number of carbonyl (C=O) groups excluding carboxylic acids is 2. The second-order valence-corrected chi connectivity index (χ2v) is 9.55. The topological polar surface area (TPSA) is 95.9 Å². The third-order valence-electron chi connectivity index (χ3n) is 7.41. The molecule has 1 aliphatic carbocycles. The zero-order valence-electron chi connectivity index (χ0n) is 20.4. The van der Waals surface area contributed by atoms with Crippen LogP contribution in [0.25, 0.3) is 11.1 Å². The lowest BCUT2D eigenvalue weighted by atomic mass is 9.88. The van der Waals surface area contributed by atoms with Crippen molar-refractivity contribution in [2.45, 2.75) is 51.5 Å². The number of hydrogen-bond donors (Lipinski definition) is 2. The van der Waals surface area contributed by atoms with Crippen LogP contribution in [0.3, 0.4) is 0 Å². The molecule has 4 rings (SSSR count). The van der Waals surface area contributed by atoms with Gasteiger partial charge in [-0.25, -0.2) is 4.79 Å². The van der Waals surface area contributed by atoms with Crippen molar-refractivity contribution in [3.63, 3.8) is 0 Å². The van der Waals surface area contributed by atoms with Crippen LogP contribution in [0.4, 0.5) is 4.79 Å². The number of amides is 2. The highest BCUT2D eigenvalue weighted by molar-refractivity contribution is 5.82. The van der Waals surface area contributed by atoms with Crippen LogP contribution in [-0.4, -0.2) is 53.7 Å². The highest BCUT2D eigenvalue weighted by atomic mass is 16.5. The van der Waals surface area contributed by atoms with Crippen LogP contribution < -0.4 is 5.32 Å². The molecule has 7 nitrogen and oxygen atoms in total. The smallest absolute Gasteiger partial charge is 0.407 e. The molecule has 2 N–H and O–H groups in total. The van der Waals surface area contributed by atoms with Crippen LogP contribution in [0.15, 0.2) is 48.5 Å². The first kappa shape index (κ1) is 24.8. The number of hydrogen-bond acceptors (Lipinski definition) is 4. The molecule has 2 aromatic rings. The van der Waals surface area contributed by atoms with Gasteiger partial charge in [-0.1, -0.05) is 61.9 Å². The highest BCUT2D eigenvalue weighted by Crippen LogP contribution is 2.44. The number of benzene rings is 2. The lowest BCUT2D eigenvalue weighted by Crippen LogP contribution is -2.52. The molecule has 0 bridgehead atoms. The van der Waals surface area contributed by atoms with Gasteiger partial charge in [-0.05, 0) is 48.4 Å². The summed E-state index contributed by atoms with van der Waals surface area (Å²) < 4.78 is 5.61. The van der Waals surface area contributed by atoms with Crippen LogP contribution in [0.5, 0.6) is 0 Å². The van der Waals surface area contributed by atoms with Gasteiger partial charge in [0.05, 0.1) is 11.8 Å². The number of nitrogens with one attached hydrogen (secondary N) is 1. The van der Waals surface area contributed by atoms with Gasteiger partial charge in [0.2, 0.25) is 5.91 Å². The Labute approximate surface area is 206 Å². The first-order valence-corrected chi connectivity index (χ1v) is 12.5. The molecular weight excluding hydrogens is 444 g/mol. The molecular formula is C28H34N2O5. The van der Waals surface area contributed by atoms with E-state index in [0.717, 1.165) is 17.5 Å². The van der Waals surface area contributed by atoms with Crippen molar-refractivity contribution in [3.05, 3.63) is 59.7 Å². The monoisotopic (exact) mass is 478 g/mol. The van der Waals surface area contributed by atoms with Crippen LogP contribution in [0.1, 0.15) is 56.6 Å². The maximum Gasteiger partial charge on any atom is 0.407 e. The van der Waals surface area contributed by atoms with Crippen molar-refractivity contribution in [2.24, 2.45) is 11.8 Å². The number of carboxylic acid groups (broad SMARTS) is 1. The molecule has 186 valence electrons. The Balaban J connectivity index is 1.36. The molecule has 2 aromatic carbocycles. The summed E-state index contributed by atoms with van der Waals surface area (Å²) in [4.78, 5) is 39.1. The van der Waals surface area contributed by atoms with Gasteiger partial charge in [-0.2, -0.15) is 0 Å².